The van der Waals surface area contributed by atoms with Gasteiger partial charge in [-0.3, -0.25) is 14.5 Å². The number of hydrogen-bond donors (Lipinski definition) is 1. The molecular formula is C20H30IN3O2. The first-order valence-electron chi connectivity index (χ1n) is 9.33. The third kappa shape index (κ3) is 4.57. The molecule has 26 heavy (non-hydrogen) atoms. The van der Waals surface area contributed by atoms with E-state index in [2.05, 4.69) is 41.3 Å². The van der Waals surface area contributed by atoms with Crippen LogP contribution in [-0.4, -0.2) is 51.7 Å². The van der Waals surface area contributed by atoms with Gasteiger partial charge in [0.2, 0.25) is 5.91 Å². The quantitative estimate of drug-likeness (QED) is 0.529. The lowest BCUT2D eigenvalue weighted by Gasteiger charge is -2.39. The van der Waals surface area contributed by atoms with Crippen molar-refractivity contribution in [2.45, 2.75) is 58.2 Å². The van der Waals surface area contributed by atoms with Crippen LogP contribution in [0.3, 0.4) is 0 Å². The molecular weight excluding hydrogens is 441 g/mol. The number of fused-ring (bicyclic) bond motifs is 1. The highest BCUT2D eigenvalue weighted by molar-refractivity contribution is 14.1. The van der Waals surface area contributed by atoms with Crippen LogP contribution >= 0.6 is 22.6 Å². The molecule has 5 nitrogen and oxygen atoms in total. The normalized spacial score (nSPS) is 22.6. The zero-order chi connectivity index (χ0) is 19.3. The van der Waals surface area contributed by atoms with Gasteiger partial charge in [0.05, 0.1) is 11.1 Å². The molecule has 144 valence electrons. The molecule has 0 radical (unpaired) electrons. The molecule has 2 aliphatic rings. The van der Waals surface area contributed by atoms with Crippen molar-refractivity contribution < 1.29 is 9.59 Å². The van der Waals surface area contributed by atoms with Gasteiger partial charge in [-0.1, -0.05) is 41.1 Å². The van der Waals surface area contributed by atoms with Crippen molar-refractivity contribution in [3.8, 4) is 0 Å². The van der Waals surface area contributed by atoms with Crippen LogP contribution in [0.25, 0.3) is 0 Å². The van der Waals surface area contributed by atoms with Gasteiger partial charge in [-0.25, -0.2) is 0 Å². The third-order valence-corrected chi connectivity index (χ3v) is 5.50. The number of alkyl halides is 1. The highest BCUT2D eigenvalue weighted by atomic mass is 127. The monoisotopic (exact) mass is 471 g/mol. The molecule has 1 aromatic carbocycles. The predicted molar refractivity (Wildman–Crippen MR) is 114 cm³/mol. The fraction of sp³-hybridized carbons (Fsp3) is 0.600. The van der Waals surface area contributed by atoms with Crippen LogP contribution in [0.5, 0.6) is 0 Å². The Hall–Kier alpha value is -1.15. The molecule has 2 N–H and O–H groups in total. The summed E-state index contributed by atoms with van der Waals surface area (Å²) in [7, 11) is 0. The first-order valence-corrected chi connectivity index (χ1v) is 11.5. The average Bonchev–Trinajstić information content (AvgIpc) is 2.95. The summed E-state index contributed by atoms with van der Waals surface area (Å²) in [6, 6.07) is 6.60. The topological polar surface area (TPSA) is 66.6 Å². The minimum Gasteiger partial charge on any atom is -0.366 e. The van der Waals surface area contributed by atoms with E-state index in [1.807, 2.05) is 15.9 Å². The Morgan fingerprint density at radius 3 is 2.46 bits per heavy atom. The first-order chi connectivity index (χ1) is 12.5. The van der Waals surface area contributed by atoms with E-state index in [4.69, 9.17) is 5.73 Å². The van der Waals surface area contributed by atoms with Crippen molar-refractivity contribution in [2.24, 2.45) is 5.73 Å². The van der Waals surface area contributed by atoms with Gasteiger partial charge >= 0.3 is 0 Å². The minimum atomic E-state index is -0.530. The van der Waals surface area contributed by atoms with E-state index < -0.39 is 5.91 Å². The summed E-state index contributed by atoms with van der Waals surface area (Å²) in [5, 5.41) is 0. The number of piperidine rings is 1. The van der Waals surface area contributed by atoms with Crippen LogP contribution in [-0.2, 0) is 6.54 Å². The number of halogens is 1. The Morgan fingerprint density at radius 1 is 1.19 bits per heavy atom. The van der Waals surface area contributed by atoms with Gasteiger partial charge in [-0.05, 0) is 49.7 Å². The lowest BCUT2D eigenvalue weighted by molar-refractivity contribution is 0.0731. The molecule has 2 aliphatic heterocycles. The number of primary amides is 1. The van der Waals surface area contributed by atoms with Crippen LogP contribution in [0.15, 0.2) is 18.2 Å². The van der Waals surface area contributed by atoms with E-state index in [0.717, 1.165) is 25.1 Å². The van der Waals surface area contributed by atoms with Crippen molar-refractivity contribution in [3.63, 3.8) is 0 Å². The molecule has 1 fully saturated rings. The number of carbonyl (C=O) groups excluding carboxylic acids is 2. The Morgan fingerprint density at radius 2 is 1.85 bits per heavy atom. The molecule has 2 heterocycles. The summed E-state index contributed by atoms with van der Waals surface area (Å²) < 4.78 is 0. The first kappa shape index (κ1) is 21.2. The molecule has 1 saturated heterocycles. The predicted octanol–water partition coefficient (Wildman–Crippen LogP) is 3.45. The van der Waals surface area contributed by atoms with E-state index in [-0.39, 0.29) is 5.91 Å². The van der Waals surface area contributed by atoms with Gasteiger partial charge in [0.1, 0.15) is 0 Å². The van der Waals surface area contributed by atoms with Crippen molar-refractivity contribution in [3.05, 3.63) is 34.9 Å². The van der Waals surface area contributed by atoms with Gasteiger partial charge in [0, 0.05) is 31.7 Å². The second-order valence-corrected chi connectivity index (χ2v) is 7.15. The maximum absolute atomic E-state index is 12.6. The van der Waals surface area contributed by atoms with Gasteiger partial charge < -0.3 is 10.6 Å². The van der Waals surface area contributed by atoms with E-state index >= 15 is 0 Å². The number of amides is 2. The number of rotatable bonds is 5. The van der Waals surface area contributed by atoms with Crippen molar-refractivity contribution in [2.75, 3.05) is 18.0 Å². The van der Waals surface area contributed by atoms with Crippen LogP contribution in [0.4, 0.5) is 0 Å². The Labute approximate surface area is 170 Å². The molecule has 1 aromatic rings. The lowest BCUT2D eigenvalue weighted by Crippen LogP contribution is -2.44. The molecule has 3 rings (SSSR count). The lowest BCUT2D eigenvalue weighted by atomic mass is 9.97. The number of benzene rings is 1. The molecule has 0 saturated carbocycles. The van der Waals surface area contributed by atoms with E-state index in [0.29, 0.717) is 29.8 Å². The maximum atomic E-state index is 12.6. The highest BCUT2D eigenvalue weighted by Gasteiger charge is 2.31. The second-order valence-electron chi connectivity index (χ2n) is 7.15. The van der Waals surface area contributed by atoms with E-state index in [1.165, 1.54) is 19.3 Å². The van der Waals surface area contributed by atoms with Crippen molar-refractivity contribution in [1.29, 1.82) is 0 Å². The molecule has 2 unspecified atom stereocenters. The molecule has 6 heteroatoms. The third-order valence-electron chi connectivity index (χ3n) is 5.50. The van der Waals surface area contributed by atoms with Gasteiger partial charge in [-0.2, -0.15) is 0 Å². The summed E-state index contributed by atoms with van der Waals surface area (Å²) in [6.45, 7) is 6.92. The summed E-state index contributed by atoms with van der Waals surface area (Å²) in [5.74, 6) is -0.586. The zero-order valence-corrected chi connectivity index (χ0v) is 18.2. The van der Waals surface area contributed by atoms with Crippen LogP contribution < -0.4 is 5.73 Å². The molecule has 0 bridgehead atoms. The standard InChI is InChI=1S/C19H27N3O2.CH3I/c1-13-6-3-7-14(2)22(13)11-5-10-21-12-15-8-4-9-16(18(20)23)17(15)19(21)24;1-2/h4,8-9,13-14H,3,5-7,10-12H2,1-2H3,(H2,20,23);1H3. The maximum Gasteiger partial charge on any atom is 0.255 e. The summed E-state index contributed by atoms with van der Waals surface area (Å²) in [4.78, 5) is 30.6. The van der Waals surface area contributed by atoms with Gasteiger partial charge in [0.15, 0.2) is 0 Å². The Balaban J connectivity index is 0.00000117. The molecule has 2 amide bonds. The fourth-order valence-electron chi connectivity index (χ4n) is 4.17. The Bertz CT molecular complexity index is 640. The van der Waals surface area contributed by atoms with Crippen molar-refractivity contribution in [1.82, 2.24) is 9.80 Å². The average molecular weight is 471 g/mol. The summed E-state index contributed by atoms with van der Waals surface area (Å²) in [6.07, 6.45) is 4.80. The second kappa shape index (κ2) is 9.69. The molecule has 0 aromatic heterocycles. The number of hydrogen-bond acceptors (Lipinski definition) is 3. The molecule has 0 aliphatic carbocycles. The minimum absolute atomic E-state index is 0.0564. The number of nitrogens with two attached hydrogens (primary N) is 1. The number of carbonyl (C=O) groups is 2. The largest absolute Gasteiger partial charge is 0.366 e. The molecule has 0 spiro atoms. The van der Waals surface area contributed by atoms with Crippen LogP contribution in [0.1, 0.15) is 65.8 Å². The van der Waals surface area contributed by atoms with Gasteiger partial charge in [0.25, 0.3) is 5.91 Å². The van der Waals surface area contributed by atoms with Gasteiger partial charge in [-0.15, -0.1) is 0 Å². The number of likely N-dealkylation sites (tertiary alicyclic amines) is 1. The van der Waals surface area contributed by atoms with Crippen LogP contribution in [0.2, 0.25) is 0 Å². The fourth-order valence-corrected chi connectivity index (χ4v) is 4.17. The Kier molecular flexibility index (Phi) is 7.88. The number of nitrogens with zero attached hydrogens (tertiary/aromatic N) is 2. The van der Waals surface area contributed by atoms with E-state index in [1.54, 1.807) is 12.1 Å². The SMILES string of the molecule is CC1CCCC(C)N1CCCN1Cc2cccc(C(N)=O)c2C1=O.CI. The smallest absolute Gasteiger partial charge is 0.255 e. The zero-order valence-electron chi connectivity index (χ0n) is 16.0. The molecule has 2 atom stereocenters. The van der Waals surface area contributed by atoms with E-state index in [9.17, 15) is 9.59 Å². The van der Waals surface area contributed by atoms with Crippen LogP contribution in [0, 0.1) is 0 Å². The summed E-state index contributed by atoms with van der Waals surface area (Å²) >= 11 is 2.15. The summed E-state index contributed by atoms with van der Waals surface area (Å²) in [5.41, 5.74) is 7.17. The van der Waals surface area contributed by atoms with Crippen molar-refractivity contribution >= 4 is 34.4 Å². The highest BCUT2D eigenvalue weighted by Crippen LogP contribution is 2.27.